The van der Waals surface area contributed by atoms with Gasteiger partial charge in [0.1, 0.15) is 0 Å². The second-order valence-corrected chi connectivity index (χ2v) is 5.87. The summed E-state index contributed by atoms with van der Waals surface area (Å²) in [5.41, 5.74) is 3.92. The molecule has 1 aromatic carbocycles. The van der Waals surface area contributed by atoms with Crippen molar-refractivity contribution in [1.82, 2.24) is 20.3 Å². The summed E-state index contributed by atoms with van der Waals surface area (Å²) in [5, 5.41) is 11.1. The van der Waals surface area contributed by atoms with Crippen LogP contribution in [0.5, 0.6) is 0 Å². The number of hydrogen-bond donors (Lipinski definition) is 1. The van der Waals surface area contributed by atoms with Crippen LogP contribution in [-0.2, 0) is 4.74 Å². The van der Waals surface area contributed by atoms with Crippen LogP contribution in [0.15, 0.2) is 34.9 Å². The zero-order valence-electron chi connectivity index (χ0n) is 13.0. The molecule has 6 nitrogen and oxygen atoms in total. The lowest BCUT2D eigenvalue weighted by molar-refractivity contribution is 0.0853. The van der Waals surface area contributed by atoms with E-state index < -0.39 is 0 Å². The number of ether oxygens (including phenoxy) is 1. The summed E-state index contributed by atoms with van der Waals surface area (Å²) < 4.78 is 10.7. The Morgan fingerprint density at radius 3 is 2.61 bits per heavy atom. The third kappa shape index (κ3) is 2.90. The SMILES string of the molecule is Cc1cc(-c2nc(-c3ccc(C4CCOCC4)cc3)no2)n[nH]1. The highest BCUT2D eigenvalue weighted by Gasteiger charge is 2.17. The van der Waals surface area contributed by atoms with Gasteiger partial charge in [0.05, 0.1) is 0 Å². The summed E-state index contributed by atoms with van der Waals surface area (Å²) >= 11 is 0. The van der Waals surface area contributed by atoms with Gasteiger partial charge in [-0.25, -0.2) is 0 Å². The summed E-state index contributed by atoms with van der Waals surface area (Å²) in [7, 11) is 0. The van der Waals surface area contributed by atoms with E-state index in [0.717, 1.165) is 37.3 Å². The van der Waals surface area contributed by atoms with Crippen molar-refractivity contribution in [2.75, 3.05) is 13.2 Å². The minimum atomic E-state index is 0.429. The van der Waals surface area contributed by atoms with Crippen molar-refractivity contribution in [3.05, 3.63) is 41.6 Å². The number of rotatable bonds is 3. The molecule has 0 amide bonds. The van der Waals surface area contributed by atoms with Gasteiger partial charge in [-0.1, -0.05) is 29.4 Å². The molecular formula is C17H18N4O2. The van der Waals surface area contributed by atoms with Crippen molar-refractivity contribution >= 4 is 0 Å². The van der Waals surface area contributed by atoms with Crippen molar-refractivity contribution in [3.8, 4) is 23.0 Å². The first-order chi connectivity index (χ1) is 11.3. The van der Waals surface area contributed by atoms with Crippen LogP contribution in [0.25, 0.3) is 23.0 Å². The Hall–Kier alpha value is -2.47. The molecule has 0 aliphatic carbocycles. The Balaban J connectivity index is 1.55. The number of aromatic nitrogens is 4. The Morgan fingerprint density at radius 2 is 1.91 bits per heavy atom. The summed E-state index contributed by atoms with van der Waals surface area (Å²) in [4.78, 5) is 4.43. The van der Waals surface area contributed by atoms with Gasteiger partial charge in [-0.05, 0) is 37.3 Å². The van der Waals surface area contributed by atoms with Crippen molar-refractivity contribution in [3.63, 3.8) is 0 Å². The average molecular weight is 310 g/mol. The lowest BCUT2D eigenvalue weighted by Gasteiger charge is -2.22. The monoisotopic (exact) mass is 310 g/mol. The molecule has 23 heavy (non-hydrogen) atoms. The van der Waals surface area contributed by atoms with Crippen molar-refractivity contribution < 1.29 is 9.26 Å². The molecular weight excluding hydrogens is 292 g/mol. The van der Waals surface area contributed by atoms with E-state index in [1.54, 1.807) is 0 Å². The Kier molecular flexibility index (Phi) is 3.67. The molecule has 0 atom stereocenters. The van der Waals surface area contributed by atoms with Gasteiger partial charge < -0.3 is 9.26 Å². The normalized spacial score (nSPS) is 15.9. The first kappa shape index (κ1) is 14.1. The van der Waals surface area contributed by atoms with Gasteiger partial charge >= 0.3 is 0 Å². The molecule has 0 radical (unpaired) electrons. The van der Waals surface area contributed by atoms with Crippen LogP contribution in [-0.4, -0.2) is 33.6 Å². The Labute approximate surface area is 133 Å². The van der Waals surface area contributed by atoms with Crippen LogP contribution in [0.4, 0.5) is 0 Å². The van der Waals surface area contributed by atoms with Crippen molar-refractivity contribution in [2.45, 2.75) is 25.7 Å². The third-order valence-corrected chi connectivity index (χ3v) is 4.21. The lowest BCUT2D eigenvalue weighted by atomic mass is 9.91. The highest BCUT2D eigenvalue weighted by Crippen LogP contribution is 2.29. The Bertz CT molecular complexity index is 785. The van der Waals surface area contributed by atoms with Crippen LogP contribution in [0.3, 0.4) is 0 Å². The van der Waals surface area contributed by atoms with E-state index in [4.69, 9.17) is 9.26 Å². The second-order valence-electron chi connectivity index (χ2n) is 5.87. The third-order valence-electron chi connectivity index (χ3n) is 4.21. The average Bonchev–Trinajstić information content (AvgIpc) is 3.25. The minimum absolute atomic E-state index is 0.429. The molecule has 3 aromatic rings. The van der Waals surface area contributed by atoms with E-state index in [1.807, 2.05) is 13.0 Å². The van der Waals surface area contributed by atoms with Gasteiger partial charge in [0.2, 0.25) is 5.82 Å². The van der Waals surface area contributed by atoms with Crippen molar-refractivity contribution in [2.24, 2.45) is 0 Å². The summed E-state index contributed by atoms with van der Waals surface area (Å²) in [6.07, 6.45) is 2.18. The van der Waals surface area contributed by atoms with Crippen LogP contribution < -0.4 is 0 Å². The number of hydrogen-bond acceptors (Lipinski definition) is 5. The largest absolute Gasteiger partial charge is 0.381 e. The van der Waals surface area contributed by atoms with E-state index in [0.29, 0.717) is 23.3 Å². The molecule has 0 unspecified atom stereocenters. The lowest BCUT2D eigenvalue weighted by Crippen LogP contribution is -2.13. The van der Waals surface area contributed by atoms with Gasteiger partial charge in [-0.15, -0.1) is 0 Å². The van der Waals surface area contributed by atoms with E-state index in [-0.39, 0.29) is 0 Å². The van der Waals surface area contributed by atoms with Crippen LogP contribution in [0.1, 0.15) is 30.0 Å². The smallest absolute Gasteiger partial charge is 0.278 e. The maximum atomic E-state index is 5.42. The molecule has 1 aliphatic heterocycles. The molecule has 2 aromatic heterocycles. The maximum Gasteiger partial charge on any atom is 0.278 e. The number of nitrogens with one attached hydrogen (secondary N) is 1. The predicted octanol–water partition coefficient (Wildman–Crippen LogP) is 3.33. The predicted molar refractivity (Wildman–Crippen MR) is 84.8 cm³/mol. The molecule has 6 heteroatoms. The zero-order valence-corrected chi connectivity index (χ0v) is 13.0. The molecule has 3 heterocycles. The quantitative estimate of drug-likeness (QED) is 0.803. The Morgan fingerprint density at radius 1 is 1.13 bits per heavy atom. The second kappa shape index (κ2) is 5.96. The molecule has 1 saturated heterocycles. The van der Waals surface area contributed by atoms with E-state index in [1.165, 1.54) is 5.56 Å². The van der Waals surface area contributed by atoms with Gasteiger partial charge in [-0.2, -0.15) is 10.1 Å². The van der Waals surface area contributed by atoms with Crippen molar-refractivity contribution in [1.29, 1.82) is 0 Å². The number of benzene rings is 1. The van der Waals surface area contributed by atoms with Gasteiger partial charge in [0, 0.05) is 24.5 Å². The number of H-pyrrole nitrogens is 1. The maximum absolute atomic E-state index is 5.42. The van der Waals surface area contributed by atoms with E-state index in [9.17, 15) is 0 Å². The van der Waals surface area contributed by atoms with Gasteiger partial charge in [-0.3, -0.25) is 5.10 Å². The number of aromatic amines is 1. The first-order valence-electron chi connectivity index (χ1n) is 7.84. The first-order valence-corrected chi connectivity index (χ1v) is 7.84. The fourth-order valence-electron chi connectivity index (χ4n) is 2.91. The van der Waals surface area contributed by atoms with Gasteiger partial charge in [0.15, 0.2) is 5.69 Å². The zero-order chi connectivity index (χ0) is 15.6. The van der Waals surface area contributed by atoms with Crippen LogP contribution >= 0.6 is 0 Å². The van der Waals surface area contributed by atoms with Crippen LogP contribution in [0.2, 0.25) is 0 Å². The summed E-state index contributed by atoms with van der Waals surface area (Å²) in [6.45, 7) is 3.64. The molecule has 4 rings (SSSR count). The summed E-state index contributed by atoms with van der Waals surface area (Å²) in [5.74, 6) is 1.60. The molecule has 1 fully saturated rings. The fourth-order valence-corrected chi connectivity index (χ4v) is 2.91. The topological polar surface area (TPSA) is 76.8 Å². The molecule has 0 spiro atoms. The molecule has 0 bridgehead atoms. The number of nitrogens with zero attached hydrogens (tertiary/aromatic N) is 3. The molecule has 1 N–H and O–H groups in total. The highest BCUT2D eigenvalue weighted by atomic mass is 16.5. The highest BCUT2D eigenvalue weighted by molar-refractivity contribution is 5.58. The van der Waals surface area contributed by atoms with E-state index in [2.05, 4.69) is 44.6 Å². The summed E-state index contributed by atoms with van der Waals surface area (Å²) in [6, 6.07) is 10.3. The molecule has 1 aliphatic rings. The van der Waals surface area contributed by atoms with E-state index >= 15 is 0 Å². The molecule has 0 saturated carbocycles. The van der Waals surface area contributed by atoms with Crippen LogP contribution in [0, 0.1) is 6.92 Å². The minimum Gasteiger partial charge on any atom is -0.381 e. The fraction of sp³-hybridized carbons (Fsp3) is 0.353. The molecule has 118 valence electrons. The number of aryl methyl sites for hydroxylation is 1. The van der Waals surface area contributed by atoms with Gasteiger partial charge in [0.25, 0.3) is 5.89 Å². The standard InChI is InChI=1S/C17H18N4O2/c1-11-10-15(20-19-11)17-18-16(21-23-17)14-4-2-12(3-5-14)13-6-8-22-9-7-13/h2-5,10,13H,6-9H2,1H3,(H,19,20).